The maximum atomic E-state index is 13.2. The molecule has 1 atom stereocenters. The van der Waals surface area contributed by atoms with E-state index in [1.165, 1.54) is 30.3 Å². The van der Waals surface area contributed by atoms with Crippen LogP contribution in [-0.4, -0.2) is 28.9 Å². The van der Waals surface area contributed by atoms with Crippen LogP contribution in [-0.2, 0) is 11.2 Å². The summed E-state index contributed by atoms with van der Waals surface area (Å²) in [5.74, 6) is 0.553. The van der Waals surface area contributed by atoms with Crippen LogP contribution >= 0.6 is 0 Å². The molecule has 0 spiro atoms. The van der Waals surface area contributed by atoms with Gasteiger partial charge < -0.3 is 14.1 Å². The van der Waals surface area contributed by atoms with Crippen LogP contribution in [0.2, 0.25) is 0 Å². The molecule has 1 aliphatic heterocycles. The molecule has 0 radical (unpaired) electrons. The zero-order chi connectivity index (χ0) is 20.2. The summed E-state index contributed by atoms with van der Waals surface area (Å²) in [5, 5.41) is 0. The molecule has 150 valence electrons. The number of oxazole rings is 1. The first-order valence-electron chi connectivity index (χ1n) is 9.45. The lowest BCUT2D eigenvalue weighted by Gasteiger charge is -2.22. The Morgan fingerprint density at radius 2 is 2.00 bits per heavy atom. The Bertz CT molecular complexity index is 988. The van der Waals surface area contributed by atoms with Crippen LogP contribution in [0.4, 0.5) is 8.78 Å². The van der Waals surface area contributed by atoms with Gasteiger partial charge in [0.15, 0.2) is 6.61 Å². The van der Waals surface area contributed by atoms with E-state index in [2.05, 4.69) is 4.98 Å². The summed E-state index contributed by atoms with van der Waals surface area (Å²) in [6.07, 6.45) is 3.73. The first-order valence-corrected chi connectivity index (χ1v) is 9.45. The van der Waals surface area contributed by atoms with Gasteiger partial charge in [-0.2, -0.15) is 0 Å². The first kappa shape index (κ1) is 19.1. The molecule has 1 aromatic heterocycles. The van der Waals surface area contributed by atoms with Gasteiger partial charge in [-0.15, -0.1) is 0 Å². The summed E-state index contributed by atoms with van der Waals surface area (Å²) in [5.41, 5.74) is 0.914. The highest BCUT2D eigenvalue weighted by molar-refractivity contribution is 5.78. The molecule has 1 amide bonds. The average molecular weight is 398 g/mol. The predicted molar refractivity (Wildman–Crippen MR) is 101 cm³/mol. The zero-order valence-corrected chi connectivity index (χ0v) is 15.7. The van der Waals surface area contributed by atoms with E-state index in [0.29, 0.717) is 30.4 Å². The maximum absolute atomic E-state index is 13.2. The molecule has 0 bridgehead atoms. The molecule has 0 saturated carbocycles. The van der Waals surface area contributed by atoms with Crippen molar-refractivity contribution in [2.75, 3.05) is 13.2 Å². The number of ether oxygens (including phenoxy) is 1. The van der Waals surface area contributed by atoms with E-state index in [9.17, 15) is 13.6 Å². The number of likely N-dealkylation sites (tertiary alicyclic amines) is 1. The highest BCUT2D eigenvalue weighted by atomic mass is 19.1. The third-order valence-electron chi connectivity index (χ3n) is 4.88. The molecule has 0 N–H and O–H groups in total. The highest BCUT2D eigenvalue weighted by Crippen LogP contribution is 2.32. The van der Waals surface area contributed by atoms with Gasteiger partial charge in [0.25, 0.3) is 5.91 Å². The fourth-order valence-corrected chi connectivity index (χ4v) is 3.47. The van der Waals surface area contributed by atoms with Gasteiger partial charge in [-0.05, 0) is 42.7 Å². The molecule has 7 heteroatoms. The summed E-state index contributed by atoms with van der Waals surface area (Å²) >= 11 is 0. The number of carbonyl (C=O) groups is 1. The minimum Gasteiger partial charge on any atom is -0.484 e. The average Bonchev–Trinajstić information content (AvgIpc) is 3.37. The molecule has 0 aliphatic carbocycles. The SMILES string of the molecule is O=C(COc1cccc(F)c1)N1CCC[C@H]1c1ncc(Cc2ccc(F)cc2)o1. The third kappa shape index (κ3) is 4.62. The van der Waals surface area contributed by atoms with E-state index in [1.54, 1.807) is 29.3 Å². The molecular formula is C22H20F2N2O3. The number of aromatic nitrogens is 1. The van der Waals surface area contributed by atoms with Crippen molar-refractivity contribution in [3.8, 4) is 5.75 Å². The van der Waals surface area contributed by atoms with E-state index in [4.69, 9.17) is 9.15 Å². The lowest BCUT2D eigenvalue weighted by atomic mass is 10.1. The number of nitrogens with zero attached hydrogens (tertiary/aromatic N) is 2. The standard InChI is InChI=1S/C22H20F2N2O3/c23-16-8-6-15(7-9-16)11-19-13-25-22(29-19)20-5-2-10-26(20)21(27)14-28-18-4-1-3-17(24)12-18/h1,3-4,6-9,12-13,20H,2,5,10-11,14H2/t20-/m0/s1. The topological polar surface area (TPSA) is 55.6 Å². The van der Waals surface area contributed by atoms with Crippen LogP contribution < -0.4 is 4.74 Å². The van der Waals surface area contributed by atoms with E-state index in [0.717, 1.165) is 18.4 Å². The molecule has 5 nitrogen and oxygen atoms in total. The first-order chi connectivity index (χ1) is 14.1. The van der Waals surface area contributed by atoms with Crippen molar-refractivity contribution in [3.63, 3.8) is 0 Å². The number of rotatable bonds is 6. The number of hydrogen-bond donors (Lipinski definition) is 0. The lowest BCUT2D eigenvalue weighted by Crippen LogP contribution is -2.34. The number of hydrogen-bond acceptors (Lipinski definition) is 4. The Morgan fingerprint density at radius 1 is 1.17 bits per heavy atom. The van der Waals surface area contributed by atoms with Crippen LogP contribution in [0, 0.1) is 11.6 Å². The Labute approximate surface area is 166 Å². The quantitative estimate of drug-likeness (QED) is 0.622. The summed E-state index contributed by atoms with van der Waals surface area (Å²) in [7, 11) is 0. The van der Waals surface area contributed by atoms with E-state index in [-0.39, 0.29) is 24.4 Å². The Morgan fingerprint density at radius 3 is 2.79 bits per heavy atom. The van der Waals surface area contributed by atoms with Crippen molar-refractivity contribution in [2.45, 2.75) is 25.3 Å². The molecule has 1 saturated heterocycles. The molecule has 4 rings (SSSR count). The van der Waals surface area contributed by atoms with Crippen LogP contribution in [0.3, 0.4) is 0 Å². The minimum atomic E-state index is -0.414. The van der Waals surface area contributed by atoms with Crippen molar-refractivity contribution in [2.24, 2.45) is 0 Å². The van der Waals surface area contributed by atoms with Crippen molar-refractivity contribution in [1.29, 1.82) is 0 Å². The Balaban J connectivity index is 1.39. The second kappa shape index (κ2) is 8.43. The maximum Gasteiger partial charge on any atom is 0.261 e. The van der Waals surface area contributed by atoms with Gasteiger partial charge in [-0.1, -0.05) is 18.2 Å². The van der Waals surface area contributed by atoms with Gasteiger partial charge in [0.1, 0.15) is 29.2 Å². The highest BCUT2D eigenvalue weighted by Gasteiger charge is 2.33. The summed E-state index contributed by atoms with van der Waals surface area (Å²) in [4.78, 5) is 18.7. The Hall–Kier alpha value is -3.22. The number of carbonyl (C=O) groups excluding carboxylic acids is 1. The second-order valence-electron chi connectivity index (χ2n) is 6.96. The molecular weight excluding hydrogens is 378 g/mol. The molecule has 2 heterocycles. The second-order valence-corrected chi connectivity index (χ2v) is 6.96. The summed E-state index contributed by atoms with van der Waals surface area (Å²) in [6.45, 7) is 0.411. The van der Waals surface area contributed by atoms with Crippen molar-refractivity contribution in [1.82, 2.24) is 9.88 Å². The fourth-order valence-electron chi connectivity index (χ4n) is 3.47. The minimum absolute atomic E-state index is 0.177. The zero-order valence-electron chi connectivity index (χ0n) is 15.7. The van der Waals surface area contributed by atoms with Crippen molar-refractivity contribution in [3.05, 3.63) is 83.6 Å². The predicted octanol–water partition coefficient (Wildman–Crippen LogP) is 4.29. The molecule has 0 unspecified atom stereocenters. The fraction of sp³-hybridized carbons (Fsp3) is 0.273. The van der Waals surface area contributed by atoms with Crippen molar-refractivity contribution < 1.29 is 22.7 Å². The van der Waals surface area contributed by atoms with E-state index in [1.807, 2.05) is 0 Å². The molecule has 1 aliphatic rings. The largest absolute Gasteiger partial charge is 0.484 e. The lowest BCUT2D eigenvalue weighted by molar-refractivity contribution is -0.134. The van der Waals surface area contributed by atoms with Gasteiger partial charge in [0.05, 0.1) is 6.20 Å². The van der Waals surface area contributed by atoms with Crippen LogP contribution in [0.15, 0.2) is 59.1 Å². The molecule has 2 aromatic carbocycles. The third-order valence-corrected chi connectivity index (χ3v) is 4.88. The van der Waals surface area contributed by atoms with Gasteiger partial charge in [0, 0.05) is 19.0 Å². The monoisotopic (exact) mass is 398 g/mol. The van der Waals surface area contributed by atoms with Gasteiger partial charge in [0.2, 0.25) is 5.89 Å². The van der Waals surface area contributed by atoms with Gasteiger partial charge in [-0.3, -0.25) is 4.79 Å². The smallest absolute Gasteiger partial charge is 0.261 e. The van der Waals surface area contributed by atoms with Gasteiger partial charge in [-0.25, -0.2) is 13.8 Å². The van der Waals surface area contributed by atoms with Crippen LogP contribution in [0.25, 0.3) is 0 Å². The number of amides is 1. The van der Waals surface area contributed by atoms with E-state index < -0.39 is 5.82 Å². The normalized spacial score (nSPS) is 16.2. The molecule has 29 heavy (non-hydrogen) atoms. The van der Waals surface area contributed by atoms with Gasteiger partial charge >= 0.3 is 0 Å². The van der Waals surface area contributed by atoms with Crippen LogP contribution in [0.5, 0.6) is 5.75 Å². The summed E-state index contributed by atoms with van der Waals surface area (Å²) < 4.78 is 37.6. The van der Waals surface area contributed by atoms with E-state index >= 15 is 0 Å². The number of benzene rings is 2. The molecule has 1 fully saturated rings. The summed E-state index contributed by atoms with van der Waals surface area (Å²) in [6, 6.07) is 11.7. The van der Waals surface area contributed by atoms with Crippen LogP contribution in [0.1, 0.15) is 36.1 Å². The number of halogens is 2. The molecule has 3 aromatic rings. The van der Waals surface area contributed by atoms with Crippen molar-refractivity contribution >= 4 is 5.91 Å². The Kier molecular flexibility index (Phi) is 5.55.